The first-order chi connectivity index (χ1) is 7.53. The zero-order valence-corrected chi connectivity index (χ0v) is 11.8. The summed E-state index contributed by atoms with van der Waals surface area (Å²) in [7, 11) is 0. The van der Waals surface area contributed by atoms with Crippen molar-refractivity contribution in [1.29, 1.82) is 0 Å². The van der Waals surface area contributed by atoms with E-state index in [2.05, 4.69) is 33.0 Å². The van der Waals surface area contributed by atoms with E-state index in [9.17, 15) is 0 Å². The highest BCUT2D eigenvalue weighted by atomic mass is 14.9. The van der Waals surface area contributed by atoms with Gasteiger partial charge in [-0.2, -0.15) is 0 Å². The van der Waals surface area contributed by atoms with Crippen LogP contribution in [0, 0.1) is 11.8 Å². The highest BCUT2D eigenvalue weighted by molar-refractivity contribution is 4.78. The molecule has 1 heteroatoms. The van der Waals surface area contributed by atoms with Crippen LogP contribution in [0.25, 0.3) is 0 Å². The van der Waals surface area contributed by atoms with Gasteiger partial charge >= 0.3 is 0 Å². The van der Waals surface area contributed by atoms with Crippen LogP contribution < -0.4 is 5.32 Å². The lowest BCUT2D eigenvalue weighted by atomic mass is 9.84. The summed E-state index contributed by atoms with van der Waals surface area (Å²) in [6, 6.07) is 0. The molecule has 0 aromatic rings. The fourth-order valence-electron chi connectivity index (χ4n) is 2.86. The molecule has 1 saturated carbocycles. The van der Waals surface area contributed by atoms with E-state index in [0.717, 1.165) is 11.8 Å². The number of nitrogens with one attached hydrogen (secondary N) is 1. The first-order valence-corrected chi connectivity index (χ1v) is 7.28. The molecule has 0 aromatic heterocycles. The van der Waals surface area contributed by atoms with Gasteiger partial charge in [-0.25, -0.2) is 0 Å². The van der Waals surface area contributed by atoms with Crippen LogP contribution in [-0.4, -0.2) is 12.1 Å². The molecule has 0 amide bonds. The average Bonchev–Trinajstić information content (AvgIpc) is 2.46. The smallest absolute Gasteiger partial charge is 0.00966 e. The minimum Gasteiger partial charge on any atom is -0.312 e. The van der Waals surface area contributed by atoms with Gasteiger partial charge in [0.25, 0.3) is 0 Å². The molecular weight excluding hydrogens is 194 g/mol. The Labute approximate surface area is 102 Å². The highest BCUT2D eigenvalue weighted by Crippen LogP contribution is 2.30. The van der Waals surface area contributed by atoms with Crippen molar-refractivity contribution < 1.29 is 0 Å². The molecular formula is C15H31N. The minimum absolute atomic E-state index is 0.276. The van der Waals surface area contributed by atoms with Crippen molar-refractivity contribution in [2.24, 2.45) is 11.8 Å². The minimum atomic E-state index is 0.276. The molecule has 16 heavy (non-hydrogen) atoms. The Morgan fingerprint density at radius 1 is 1.06 bits per heavy atom. The molecule has 1 rings (SSSR count). The summed E-state index contributed by atoms with van der Waals surface area (Å²) < 4.78 is 0. The molecule has 1 N–H and O–H groups in total. The van der Waals surface area contributed by atoms with E-state index in [0.29, 0.717) is 0 Å². The first kappa shape index (κ1) is 14.0. The highest BCUT2D eigenvalue weighted by Gasteiger charge is 2.22. The third kappa shape index (κ3) is 5.34. The summed E-state index contributed by atoms with van der Waals surface area (Å²) in [6.45, 7) is 10.4. The first-order valence-electron chi connectivity index (χ1n) is 7.28. The van der Waals surface area contributed by atoms with Crippen LogP contribution >= 0.6 is 0 Å². The normalized spacial score (nSPS) is 21.8. The second-order valence-electron chi connectivity index (χ2n) is 6.55. The Morgan fingerprint density at radius 3 is 2.06 bits per heavy atom. The van der Waals surface area contributed by atoms with Gasteiger partial charge in [-0.15, -0.1) is 0 Å². The summed E-state index contributed by atoms with van der Waals surface area (Å²) >= 11 is 0. The molecule has 0 radical (unpaired) electrons. The van der Waals surface area contributed by atoms with E-state index >= 15 is 0 Å². The van der Waals surface area contributed by atoms with Crippen molar-refractivity contribution in [3.8, 4) is 0 Å². The molecule has 1 atom stereocenters. The summed E-state index contributed by atoms with van der Waals surface area (Å²) in [5.41, 5.74) is 0.276. The maximum Gasteiger partial charge on any atom is 0.00966 e. The lowest BCUT2D eigenvalue weighted by molar-refractivity contribution is 0.256. The van der Waals surface area contributed by atoms with Crippen LogP contribution in [-0.2, 0) is 0 Å². The molecule has 0 heterocycles. The van der Waals surface area contributed by atoms with Crippen molar-refractivity contribution in [2.75, 3.05) is 6.54 Å². The standard InChI is InChI=1S/C15H31N/c1-5-13(12-16-15(2,3)4)14-10-8-6-7-9-11-14/h13-14,16H,5-12H2,1-4H3. The lowest BCUT2D eigenvalue weighted by Crippen LogP contribution is -2.40. The summed E-state index contributed by atoms with van der Waals surface area (Å²) in [6.07, 6.45) is 10.2. The second-order valence-corrected chi connectivity index (χ2v) is 6.55. The second kappa shape index (κ2) is 6.64. The summed E-state index contributed by atoms with van der Waals surface area (Å²) in [5.74, 6) is 1.89. The van der Waals surface area contributed by atoms with Crippen molar-refractivity contribution >= 4 is 0 Å². The zero-order valence-electron chi connectivity index (χ0n) is 11.8. The maximum absolute atomic E-state index is 3.69. The number of rotatable bonds is 4. The van der Waals surface area contributed by atoms with E-state index in [1.807, 2.05) is 0 Å². The van der Waals surface area contributed by atoms with Gasteiger partial charge < -0.3 is 5.32 Å². The average molecular weight is 225 g/mol. The molecule has 1 aliphatic carbocycles. The fraction of sp³-hybridized carbons (Fsp3) is 1.00. The van der Waals surface area contributed by atoms with Crippen LogP contribution in [0.4, 0.5) is 0 Å². The summed E-state index contributed by atoms with van der Waals surface area (Å²) in [4.78, 5) is 0. The van der Waals surface area contributed by atoms with E-state index in [1.54, 1.807) is 0 Å². The maximum atomic E-state index is 3.69. The molecule has 0 saturated heterocycles. The SMILES string of the molecule is CCC(CNC(C)(C)C)C1CCCCCC1. The van der Waals surface area contributed by atoms with Gasteiger partial charge in [0.1, 0.15) is 0 Å². The topological polar surface area (TPSA) is 12.0 Å². The molecule has 96 valence electrons. The van der Waals surface area contributed by atoms with E-state index in [4.69, 9.17) is 0 Å². The van der Waals surface area contributed by atoms with Crippen LogP contribution in [0.1, 0.15) is 72.6 Å². The zero-order chi connectivity index (χ0) is 12.0. The lowest BCUT2D eigenvalue weighted by Gasteiger charge is -2.29. The summed E-state index contributed by atoms with van der Waals surface area (Å²) in [5, 5.41) is 3.69. The largest absolute Gasteiger partial charge is 0.312 e. The van der Waals surface area contributed by atoms with Crippen LogP contribution in [0.2, 0.25) is 0 Å². The Balaban J connectivity index is 2.39. The monoisotopic (exact) mass is 225 g/mol. The van der Waals surface area contributed by atoms with Gasteiger partial charge in [-0.3, -0.25) is 0 Å². The van der Waals surface area contributed by atoms with Crippen LogP contribution in [0.5, 0.6) is 0 Å². The third-order valence-corrected chi connectivity index (χ3v) is 3.99. The molecule has 0 bridgehead atoms. The predicted molar refractivity (Wildman–Crippen MR) is 72.7 cm³/mol. The van der Waals surface area contributed by atoms with Gasteiger partial charge in [0.15, 0.2) is 0 Å². The van der Waals surface area contributed by atoms with Crippen molar-refractivity contribution in [3.63, 3.8) is 0 Å². The van der Waals surface area contributed by atoms with Crippen LogP contribution in [0.15, 0.2) is 0 Å². The number of hydrogen-bond donors (Lipinski definition) is 1. The Morgan fingerprint density at radius 2 is 1.62 bits per heavy atom. The molecule has 0 spiro atoms. The molecule has 0 aromatic carbocycles. The van der Waals surface area contributed by atoms with Gasteiger partial charge in [-0.1, -0.05) is 51.9 Å². The van der Waals surface area contributed by atoms with E-state index < -0.39 is 0 Å². The van der Waals surface area contributed by atoms with Gasteiger partial charge in [0.05, 0.1) is 0 Å². The predicted octanol–water partition coefficient (Wildman–Crippen LogP) is 4.37. The van der Waals surface area contributed by atoms with Crippen molar-refractivity contribution in [3.05, 3.63) is 0 Å². The van der Waals surface area contributed by atoms with Crippen molar-refractivity contribution in [1.82, 2.24) is 5.32 Å². The molecule has 1 nitrogen and oxygen atoms in total. The Kier molecular flexibility index (Phi) is 5.82. The van der Waals surface area contributed by atoms with E-state index in [-0.39, 0.29) is 5.54 Å². The van der Waals surface area contributed by atoms with Gasteiger partial charge in [0, 0.05) is 5.54 Å². The molecule has 0 aliphatic heterocycles. The molecule has 1 unspecified atom stereocenters. The van der Waals surface area contributed by atoms with E-state index in [1.165, 1.54) is 51.5 Å². The fourth-order valence-corrected chi connectivity index (χ4v) is 2.86. The van der Waals surface area contributed by atoms with Crippen LogP contribution in [0.3, 0.4) is 0 Å². The Bertz CT molecular complexity index is 172. The van der Waals surface area contributed by atoms with Crippen molar-refractivity contribution in [2.45, 2.75) is 78.2 Å². The molecule has 1 aliphatic rings. The molecule has 1 fully saturated rings. The van der Waals surface area contributed by atoms with Gasteiger partial charge in [-0.05, 0) is 39.2 Å². The Hall–Kier alpha value is -0.0400. The third-order valence-electron chi connectivity index (χ3n) is 3.99. The quantitative estimate of drug-likeness (QED) is 0.701. The number of hydrogen-bond acceptors (Lipinski definition) is 1. The van der Waals surface area contributed by atoms with Gasteiger partial charge in [0.2, 0.25) is 0 Å².